The SMILES string of the molecule is C=C=O.CC(C)(c1ccccc1)c1cccc([O][Ti]([OH])([OH])[OH])c1C(C)(C)c1ccccc1. The van der Waals surface area contributed by atoms with Gasteiger partial charge in [0.25, 0.3) is 0 Å². The van der Waals surface area contributed by atoms with Gasteiger partial charge in [0.1, 0.15) is 5.94 Å². The molecular weight excluding hydrogens is 440 g/mol. The molecule has 0 saturated heterocycles. The summed E-state index contributed by atoms with van der Waals surface area (Å²) in [6.07, 6.45) is 0. The first-order valence-corrected chi connectivity index (χ1v) is 12.9. The van der Waals surface area contributed by atoms with Crippen molar-refractivity contribution in [1.82, 2.24) is 0 Å². The second-order valence-electron chi connectivity index (χ2n) is 8.48. The van der Waals surface area contributed by atoms with Crippen LogP contribution in [0.5, 0.6) is 5.75 Å². The summed E-state index contributed by atoms with van der Waals surface area (Å²) in [6.45, 7) is 11.1. The first-order valence-electron chi connectivity index (χ1n) is 10.2. The zero-order valence-corrected chi connectivity index (χ0v) is 20.4. The second-order valence-corrected chi connectivity index (χ2v) is 10.6. The Labute approximate surface area is 194 Å². The van der Waals surface area contributed by atoms with E-state index in [1.165, 1.54) is 5.94 Å². The number of hydrogen-bond acceptors (Lipinski definition) is 5. The van der Waals surface area contributed by atoms with E-state index in [-0.39, 0.29) is 5.41 Å². The summed E-state index contributed by atoms with van der Waals surface area (Å²) in [7, 11) is 0. The van der Waals surface area contributed by atoms with E-state index in [1.54, 1.807) is 6.07 Å². The van der Waals surface area contributed by atoms with Crippen molar-refractivity contribution in [3.05, 3.63) is 108 Å². The average Bonchev–Trinajstić information content (AvgIpc) is 2.74. The van der Waals surface area contributed by atoms with Crippen molar-refractivity contribution in [2.45, 2.75) is 38.5 Å². The molecule has 0 aliphatic rings. The van der Waals surface area contributed by atoms with Gasteiger partial charge in [-0.05, 0) is 6.58 Å². The molecule has 3 rings (SSSR count). The predicted octanol–water partition coefficient (Wildman–Crippen LogP) is 4.51. The van der Waals surface area contributed by atoms with Crippen molar-refractivity contribution < 1.29 is 37.3 Å². The molecule has 0 spiro atoms. The van der Waals surface area contributed by atoms with Crippen molar-refractivity contribution in [1.29, 1.82) is 0 Å². The van der Waals surface area contributed by atoms with Crippen LogP contribution in [-0.4, -0.2) is 17.0 Å². The summed E-state index contributed by atoms with van der Waals surface area (Å²) >= 11 is -5.30. The molecule has 168 valence electrons. The molecule has 3 N–H and O–H groups in total. The summed E-state index contributed by atoms with van der Waals surface area (Å²) in [4.78, 5) is 8.57. The van der Waals surface area contributed by atoms with Crippen molar-refractivity contribution >= 4 is 5.94 Å². The van der Waals surface area contributed by atoms with Gasteiger partial charge in [0.05, 0.1) is 0 Å². The van der Waals surface area contributed by atoms with Gasteiger partial charge in [0.2, 0.25) is 0 Å². The van der Waals surface area contributed by atoms with Gasteiger partial charge in [-0.25, -0.2) is 4.79 Å². The van der Waals surface area contributed by atoms with Gasteiger partial charge in [0, 0.05) is 0 Å². The second kappa shape index (κ2) is 10.4. The van der Waals surface area contributed by atoms with E-state index in [4.69, 9.17) is 8.11 Å². The molecule has 0 aliphatic carbocycles. The fraction of sp³-hybridized carbons (Fsp3) is 0.231. The Morgan fingerprint density at radius 1 is 0.750 bits per heavy atom. The standard InChI is InChI=1S/C24H26O.C2H2O.3H2O.Ti/c1-23(2,18-12-7-5-8-13-18)20-16-11-17-21(25)22(20)24(3,4)19-14-9-6-10-15-19;1-2-3;;;;/h5-17,25H,1-4H3;1H2;3*1H2;/q;;;;;+4/p-4. The summed E-state index contributed by atoms with van der Waals surface area (Å²) in [5.74, 6) is 1.55. The molecule has 0 unspecified atom stereocenters. The van der Waals surface area contributed by atoms with Crippen LogP contribution in [0.1, 0.15) is 49.9 Å². The van der Waals surface area contributed by atoms with E-state index >= 15 is 0 Å². The van der Waals surface area contributed by atoms with Gasteiger partial charge in [-0.1, -0.05) is 0 Å². The van der Waals surface area contributed by atoms with Crippen LogP contribution in [0.2, 0.25) is 0 Å². The van der Waals surface area contributed by atoms with Crippen molar-refractivity contribution in [3.8, 4) is 5.75 Å². The van der Waals surface area contributed by atoms with Crippen LogP contribution in [0.25, 0.3) is 0 Å². The predicted molar refractivity (Wildman–Crippen MR) is 122 cm³/mol. The summed E-state index contributed by atoms with van der Waals surface area (Å²) in [5.41, 5.74) is 3.14. The van der Waals surface area contributed by atoms with E-state index in [9.17, 15) is 11.1 Å². The fourth-order valence-electron chi connectivity index (χ4n) is 3.94. The van der Waals surface area contributed by atoms with Crippen LogP contribution in [0.15, 0.2) is 85.4 Å². The molecular formula is C26H30O5Ti. The number of carbonyl (C=O) groups excluding carboxylic acids is 1. The zero-order valence-electron chi connectivity index (χ0n) is 18.9. The third-order valence-corrected chi connectivity index (χ3v) is 6.33. The Hall–Kier alpha value is -2.50. The quantitative estimate of drug-likeness (QED) is 0.365. The van der Waals surface area contributed by atoms with E-state index in [1.807, 2.05) is 60.7 Å². The van der Waals surface area contributed by atoms with Gasteiger partial charge in [0.15, 0.2) is 0 Å². The Balaban J connectivity index is 0.00000114. The zero-order chi connectivity index (χ0) is 24.0. The van der Waals surface area contributed by atoms with E-state index in [0.29, 0.717) is 5.75 Å². The molecule has 0 radical (unpaired) electrons. The molecule has 0 atom stereocenters. The fourth-order valence-corrected chi connectivity index (χ4v) is 4.67. The first-order chi connectivity index (χ1) is 14.9. The Bertz CT molecular complexity index is 1050. The van der Waals surface area contributed by atoms with Gasteiger partial charge >= 0.3 is 178 Å². The monoisotopic (exact) mass is 470 g/mol. The Morgan fingerprint density at radius 3 is 1.62 bits per heavy atom. The average molecular weight is 470 g/mol. The maximum atomic E-state index is 9.72. The molecule has 3 aromatic rings. The number of hydrogen-bond donors (Lipinski definition) is 3. The molecule has 5 nitrogen and oxygen atoms in total. The Kier molecular flexibility index (Phi) is 8.38. The minimum absolute atomic E-state index is 0.299. The summed E-state index contributed by atoms with van der Waals surface area (Å²) < 4.78 is 34.5. The normalized spacial score (nSPS) is 11.7. The van der Waals surface area contributed by atoms with Crippen molar-refractivity contribution in [3.63, 3.8) is 0 Å². The van der Waals surface area contributed by atoms with Crippen LogP contribution < -0.4 is 3.32 Å². The van der Waals surface area contributed by atoms with Gasteiger partial charge in [-0.3, -0.25) is 0 Å². The van der Waals surface area contributed by atoms with E-state index in [2.05, 4.69) is 46.4 Å². The van der Waals surface area contributed by atoms with E-state index in [0.717, 1.165) is 22.3 Å². The van der Waals surface area contributed by atoms with Crippen LogP contribution in [0.4, 0.5) is 0 Å². The molecule has 0 aliphatic heterocycles. The molecule has 0 bridgehead atoms. The van der Waals surface area contributed by atoms with Crippen molar-refractivity contribution in [2.75, 3.05) is 0 Å². The minimum atomic E-state index is -5.30. The van der Waals surface area contributed by atoms with Crippen LogP contribution in [0.3, 0.4) is 0 Å². The van der Waals surface area contributed by atoms with Gasteiger partial charge in [-0.15, -0.1) is 0 Å². The summed E-state index contributed by atoms with van der Waals surface area (Å²) in [6, 6.07) is 25.7. The molecule has 0 fully saturated rings. The van der Waals surface area contributed by atoms with Gasteiger partial charge in [-0.2, -0.15) is 0 Å². The Morgan fingerprint density at radius 2 is 1.19 bits per heavy atom. The molecule has 3 aromatic carbocycles. The molecule has 0 aromatic heterocycles. The maximum absolute atomic E-state index is 9.72. The first kappa shape index (κ1) is 25.8. The molecule has 32 heavy (non-hydrogen) atoms. The molecule has 0 heterocycles. The molecule has 0 amide bonds. The van der Waals surface area contributed by atoms with Crippen LogP contribution >= 0.6 is 0 Å². The molecule has 0 saturated carbocycles. The topological polar surface area (TPSA) is 87.0 Å². The van der Waals surface area contributed by atoms with Crippen LogP contribution in [0, 0.1) is 0 Å². The third kappa shape index (κ3) is 6.05. The molecule has 6 heteroatoms. The number of rotatable bonds is 6. The summed E-state index contributed by atoms with van der Waals surface area (Å²) in [5, 5.41) is 0. The number of benzene rings is 3. The van der Waals surface area contributed by atoms with Crippen LogP contribution in [-0.2, 0) is 33.8 Å². The van der Waals surface area contributed by atoms with Crippen molar-refractivity contribution in [2.24, 2.45) is 0 Å². The van der Waals surface area contributed by atoms with E-state index < -0.39 is 23.6 Å². The van der Waals surface area contributed by atoms with Gasteiger partial charge < -0.3 is 0 Å². The third-order valence-electron chi connectivity index (χ3n) is 5.56.